The first-order valence-electron chi connectivity index (χ1n) is 12.3. The molecule has 2 N–H and O–H groups in total. The van der Waals surface area contributed by atoms with Crippen LogP contribution in [0, 0.1) is 5.82 Å². The lowest BCUT2D eigenvalue weighted by molar-refractivity contribution is 0.126. The maximum atomic E-state index is 14.3. The minimum absolute atomic E-state index is 0.158. The molecular weight excluding hydrogens is 443 g/mol. The average molecular weight is 477 g/mol. The van der Waals surface area contributed by atoms with Gasteiger partial charge in [0.25, 0.3) is 0 Å². The molecule has 0 aliphatic heterocycles. The number of nitrogens with zero attached hydrogens (tertiary/aromatic N) is 3. The molecule has 1 aliphatic rings. The van der Waals surface area contributed by atoms with Gasteiger partial charge in [-0.3, -0.25) is 9.13 Å². The van der Waals surface area contributed by atoms with Crippen LogP contribution in [0.15, 0.2) is 77.9 Å². The molecule has 2 aromatic heterocycles. The van der Waals surface area contributed by atoms with Gasteiger partial charge in [0, 0.05) is 36.1 Å². The summed E-state index contributed by atoms with van der Waals surface area (Å²) in [5, 5.41) is 13.3. The lowest BCUT2D eigenvalue weighted by atomic mass is 9.93. The smallest absolute Gasteiger partial charge is 0.329 e. The summed E-state index contributed by atoms with van der Waals surface area (Å²) in [4.78, 5) is 17.8. The van der Waals surface area contributed by atoms with Crippen molar-refractivity contribution >= 4 is 5.82 Å². The highest BCUT2D eigenvalue weighted by Crippen LogP contribution is 2.25. The molecular formula is C28H33FN4O2. The summed E-state index contributed by atoms with van der Waals surface area (Å²) in [5.41, 5.74) is 1.89. The van der Waals surface area contributed by atoms with Crippen molar-refractivity contribution in [3.63, 3.8) is 0 Å². The molecule has 184 valence electrons. The van der Waals surface area contributed by atoms with Gasteiger partial charge in [0.05, 0.1) is 18.3 Å². The van der Waals surface area contributed by atoms with E-state index in [9.17, 15) is 14.3 Å². The van der Waals surface area contributed by atoms with Gasteiger partial charge >= 0.3 is 5.69 Å². The van der Waals surface area contributed by atoms with E-state index in [1.54, 1.807) is 39.7 Å². The fourth-order valence-corrected chi connectivity index (χ4v) is 4.42. The lowest BCUT2D eigenvalue weighted by Gasteiger charge is -2.26. The highest BCUT2D eigenvalue weighted by atomic mass is 19.1. The van der Waals surface area contributed by atoms with Crippen molar-refractivity contribution in [3.8, 4) is 11.3 Å². The van der Waals surface area contributed by atoms with E-state index in [1.807, 2.05) is 30.4 Å². The van der Waals surface area contributed by atoms with Crippen LogP contribution in [0.4, 0.5) is 10.2 Å². The quantitative estimate of drug-likeness (QED) is 0.420. The Morgan fingerprint density at radius 3 is 2.69 bits per heavy atom. The van der Waals surface area contributed by atoms with Crippen LogP contribution in [0.25, 0.3) is 11.3 Å². The Labute approximate surface area is 205 Å². The van der Waals surface area contributed by atoms with Gasteiger partial charge in [-0.2, -0.15) is 0 Å². The third kappa shape index (κ3) is 6.36. The van der Waals surface area contributed by atoms with E-state index < -0.39 is 0 Å². The van der Waals surface area contributed by atoms with Gasteiger partial charge < -0.3 is 10.4 Å². The molecule has 3 aromatic rings. The first kappa shape index (κ1) is 24.7. The van der Waals surface area contributed by atoms with Gasteiger partial charge in [-0.05, 0) is 50.3 Å². The van der Waals surface area contributed by atoms with E-state index in [2.05, 4.69) is 23.3 Å². The molecule has 2 heterocycles. The van der Waals surface area contributed by atoms with E-state index in [-0.39, 0.29) is 30.2 Å². The number of imidazole rings is 1. The third-order valence-electron chi connectivity index (χ3n) is 6.36. The molecule has 0 unspecified atom stereocenters. The second-order valence-electron chi connectivity index (χ2n) is 8.97. The number of nitrogens with one attached hydrogen (secondary N) is 1. The van der Waals surface area contributed by atoms with Gasteiger partial charge in [0.15, 0.2) is 0 Å². The van der Waals surface area contributed by atoms with Crippen LogP contribution >= 0.6 is 0 Å². The molecule has 0 radical (unpaired) electrons. The van der Waals surface area contributed by atoms with Crippen LogP contribution in [-0.2, 0) is 13.1 Å². The summed E-state index contributed by atoms with van der Waals surface area (Å²) in [6.07, 6.45) is 15.5. The molecule has 0 bridgehead atoms. The fourth-order valence-electron chi connectivity index (χ4n) is 4.42. The number of pyridine rings is 1. The van der Waals surface area contributed by atoms with Crippen molar-refractivity contribution in [2.75, 3.05) is 5.32 Å². The number of benzene rings is 1. The largest absolute Gasteiger partial charge is 0.393 e. The number of aliphatic hydroxyl groups excluding tert-OH is 1. The molecule has 1 aliphatic carbocycles. The summed E-state index contributed by atoms with van der Waals surface area (Å²) in [7, 11) is 0. The van der Waals surface area contributed by atoms with Crippen LogP contribution < -0.4 is 11.0 Å². The van der Waals surface area contributed by atoms with Crippen LogP contribution in [0.1, 0.15) is 44.6 Å². The summed E-state index contributed by atoms with van der Waals surface area (Å²) in [6.45, 7) is 2.63. The minimum Gasteiger partial charge on any atom is -0.393 e. The predicted molar refractivity (Wildman–Crippen MR) is 138 cm³/mol. The van der Waals surface area contributed by atoms with Crippen molar-refractivity contribution < 1.29 is 9.50 Å². The van der Waals surface area contributed by atoms with Crippen LogP contribution in [0.3, 0.4) is 0 Å². The van der Waals surface area contributed by atoms with Crippen molar-refractivity contribution in [1.82, 2.24) is 14.1 Å². The third-order valence-corrected chi connectivity index (χ3v) is 6.36. The molecule has 1 saturated carbocycles. The van der Waals surface area contributed by atoms with Gasteiger partial charge in [0.2, 0.25) is 0 Å². The predicted octanol–water partition coefficient (Wildman–Crippen LogP) is 5.14. The Kier molecular flexibility index (Phi) is 8.32. The topological polar surface area (TPSA) is 72.1 Å². The molecule has 1 fully saturated rings. The lowest BCUT2D eigenvalue weighted by Crippen LogP contribution is -2.28. The average Bonchev–Trinajstić information content (AvgIpc) is 3.17. The molecule has 6 nitrogen and oxygen atoms in total. The Bertz CT molecular complexity index is 1240. The molecule has 35 heavy (non-hydrogen) atoms. The van der Waals surface area contributed by atoms with E-state index >= 15 is 0 Å². The zero-order valence-corrected chi connectivity index (χ0v) is 20.1. The molecule has 0 spiro atoms. The monoisotopic (exact) mass is 476 g/mol. The Balaban J connectivity index is 1.64. The number of rotatable bonds is 9. The minimum atomic E-state index is -0.328. The van der Waals surface area contributed by atoms with Crippen molar-refractivity contribution in [2.45, 2.75) is 64.3 Å². The second kappa shape index (κ2) is 11.8. The summed E-state index contributed by atoms with van der Waals surface area (Å²) in [5.74, 6) is 0.414. The van der Waals surface area contributed by atoms with Crippen molar-refractivity contribution in [2.24, 2.45) is 0 Å². The van der Waals surface area contributed by atoms with Gasteiger partial charge in [-0.15, -0.1) is 0 Å². The highest BCUT2D eigenvalue weighted by molar-refractivity contribution is 5.63. The van der Waals surface area contributed by atoms with Gasteiger partial charge in [-0.1, -0.05) is 49.4 Å². The fraction of sp³-hybridized carbons (Fsp3) is 0.357. The van der Waals surface area contributed by atoms with E-state index in [1.165, 1.54) is 6.07 Å². The maximum absolute atomic E-state index is 14.3. The molecule has 7 heteroatoms. The van der Waals surface area contributed by atoms with E-state index in [4.69, 9.17) is 0 Å². The summed E-state index contributed by atoms with van der Waals surface area (Å²) >= 11 is 0. The Hall–Kier alpha value is -3.45. The standard InChI is InChI=1S/C28H33FN4O2/c1-2-3-4-5-8-17-33-26(20-32(28(33)35)19-22-9-6-7-10-25(22)29)21-15-16-30-27(18-21)31-23-11-13-24(34)14-12-23/h3-10,15-16,18,20,23-24,34H,2,11-14,17,19H2,1H3,(H,30,31)/b4-3-,8-5-. The molecule has 1 aromatic carbocycles. The Morgan fingerprint density at radius 1 is 1.14 bits per heavy atom. The van der Waals surface area contributed by atoms with Crippen LogP contribution in [0.5, 0.6) is 0 Å². The first-order chi connectivity index (χ1) is 17.0. The number of aromatic nitrogens is 3. The zero-order valence-electron chi connectivity index (χ0n) is 20.1. The normalized spacial score (nSPS) is 18.5. The Morgan fingerprint density at radius 2 is 1.91 bits per heavy atom. The maximum Gasteiger partial charge on any atom is 0.329 e. The molecule has 0 saturated heterocycles. The highest BCUT2D eigenvalue weighted by Gasteiger charge is 2.20. The van der Waals surface area contributed by atoms with Gasteiger partial charge in [0.1, 0.15) is 11.6 Å². The zero-order chi connectivity index (χ0) is 24.6. The molecule has 4 rings (SSSR count). The number of hydrogen-bond acceptors (Lipinski definition) is 4. The number of anilines is 1. The summed E-state index contributed by atoms with van der Waals surface area (Å²) in [6, 6.07) is 10.6. The van der Waals surface area contributed by atoms with E-state index in [0.29, 0.717) is 12.1 Å². The molecule has 0 atom stereocenters. The van der Waals surface area contributed by atoms with Gasteiger partial charge in [-0.25, -0.2) is 14.2 Å². The van der Waals surface area contributed by atoms with Crippen molar-refractivity contribution in [3.05, 3.63) is 95.0 Å². The first-order valence-corrected chi connectivity index (χ1v) is 12.3. The number of allylic oxidation sites excluding steroid dienone is 4. The second-order valence-corrected chi connectivity index (χ2v) is 8.97. The summed E-state index contributed by atoms with van der Waals surface area (Å²) < 4.78 is 17.5. The number of aliphatic hydroxyl groups is 1. The number of hydrogen-bond donors (Lipinski definition) is 2. The van der Waals surface area contributed by atoms with Crippen LogP contribution in [-0.4, -0.2) is 31.4 Å². The van der Waals surface area contributed by atoms with Crippen molar-refractivity contribution in [1.29, 1.82) is 0 Å². The number of halogens is 1. The SMILES string of the molecule is CC/C=C\C=C/Cn1c(-c2ccnc(NC3CCC(O)CC3)c2)cn(Cc2ccccc2F)c1=O. The van der Waals surface area contributed by atoms with E-state index in [0.717, 1.165) is 49.2 Å². The molecule has 0 amide bonds. The van der Waals surface area contributed by atoms with Crippen LogP contribution in [0.2, 0.25) is 0 Å².